The summed E-state index contributed by atoms with van der Waals surface area (Å²) in [6, 6.07) is 0. The largest absolute Gasteiger partial charge is 0.342 e. The van der Waals surface area contributed by atoms with E-state index in [1.165, 1.54) is 0 Å². The molecule has 0 fully saturated rings. The molecule has 108 valence electrons. The average Bonchev–Trinajstić information content (AvgIpc) is 2.30. The highest BCUT2D eigenvalue weighted by Crippen LogP contribution is 2.15. The molecule has 0 radical (unpaired) electrons. The highest BCUT2D eigenvalue weighted by Gasteiger charge is 2.22. The average molecular weight is 257 g/mol. The highest BCUT2D eigenvalue weighted by atomic mass is 16.2. The molecule has 0 aromatic carbocycles. The van der Waals surface area contributed by atoms with Crippen LogP contribution < -0.4 is 5.73 Å². The minimum Gasteiger partial charge on any atom is -0.342 e. The van der Waals surface area contributed by atoms with Crippen molar-refractivity contribution in [2.75, 3.05) is 39.3 Å². The monoisotopic (exact) mass is 257 g/mol. The van der Waals surface area contributed by atoms with Crippen LogP contribution in [0.3, 0.4) is 0 Å². The predicted molar refractivity (Wildman–Crippen MR) is 77.5 cm³/mol. The zero-order valence-corrected chi connectivity index (χ0v) is 12.8. The molecule has 0 spiro atoms. The van der Waals surface area contributed by atoms with Crippen molar-refractivity contribution in [1.82, 2.24) is 9.80 Å². The van der Waals surface area contributed by atoms with Gasteiger partial charge in [-0.15, -0.1) is 0 Å². The Balaban J connectivity index is 4.48. The molecule has 0 bridgehead atoms. The molecular formula is C14H31N3O. The van der Waals surface area contributed by atoms with Crippen LogP contribution in [0.2, 0.25) is 0 Å². The zero-order valence-electron chi connectivity index (χ0n) is 12.8. The summed E-state index contributed by atoms with van der Waals surface area (Å²) in [6.07, 6.45) is 1.06. The number of hydrogen-bond donors (Lipinski definition) is 1. The van der Waals surface area contributed by atoms with Gasteiger partial charge in [-0.05, 0) is 38.8 Å². The van der Waals surface area contributed by atoms with Gasteiger partial charge in [0.2, 0.25) is 5.91 Å². The smallest absolute Gasteiger partial charge is 0.236 e. The van der Waals surface area contributed by atoms with E-state index in [0.29, 0.717) is 13.1 Å². The molecule has 0 heterocycles. The van der Waals surface area contributed by atoms with Crippen LogP contribution in [0.4, 0.5) is 0 Å². The molecule has 0 atom stereocenters. The molecule has 0 rings (SSSR count). The minimum absolute atomic E-state index is 0.0682. The number of hydrogen-bond acceptors (Lipinski definition) is 3. The SMILES string of the molecule is CCCN(CC(=O)N(CC)CC)CC(C)(C)CN. The zero-order chi connectivity index (χ0) is 14.2. The van der Waals surface area contributed by atoms with Gasteiger partial charge in [0.05, 0.1) is 6.54 Å². The molecule has 0 unspecified atom stereocenters. The van der Waals surface area contributed by atoms with Crippen molar-refractivity contribution in [1.29, 1.82) is 0 Å². The number of carbonyl (C=O) groups excluding carboxylic acids is 1. The maximum atomic E-state index is 12.1. The standard InChI is InChI=1S/C14H31N3O/c1-6-9-16(12-14(4,5)11-15)10-13(18)17(7-2)8-3/h6-12,15H2,1-5H3. The first-order valence-electron chi connectivity index (χ1n) is 7.10. The maximum absolute atomic E-state index is 12.1. The molecule has 0 saturated carbocycles. The van der Waals surface area contributed by atoms with E-state index in [1.54, 1.807) is 0 Å². The van der Waals surface area contributed by atoms with Crippen molar-refractivity contribution in [3.05, 3.63) is 0 Å². The van der Waals surface area contributed by atoms with Crippen LogP contribution in [-0.4, -0.2) is 55.0 Å². The van der Waals surface area contributed by atoms with Crippen LogP contribution >= 0.6 is 0 Å². The van der Waals surface area contributed by atoms with Gasteiger partial charge in [-0.3, -0.25) is 9.69 Å². The van der Waals surface area contributed by atoms with E-state index in [2.05, 4.69) is 25.7 Å². The van der Waals surface area contributed by atoms with Crippen LogP contribution in [0, 0.1) is 5.41 Å². The third-order valence-electron chi connectivity index (χ3n) is 3.22. The molecule has 0 aromatic rings. The molecule has 2 N–H and O–H groups in total. The second-order valence-corrected chi connectivity index (χ2v) is 5.65. The first kappa shape index (κ1) is 17.4. The fourth-order valence-corrected chi connectivity index (χ4v) is 2.07. The van der Waals surface area contributed by atoms with E-state index in [9.17, 15) is 4.79 Å². The minimum atomic E-state index is 0.0682. The molecule has 0 aromatic heterocycles. The lowest BCUT2D eigenvalue weighted by molar-refractivity contribution is -0.132. The Morgan fingerprint density at radius 1 is 1.17 bits per heavy atom. The summed E-state index contributed by atoms with van der Waals surface area (Å²) < 4.78 is 0. The Morgan fingerprint density at radius 2 is 1.72 bits per heavy atom. The summed E-state index contributed by atoms with van der Waals surface area (Å²) in [5.74, 6) is 0.223. The fraction of sp³-hybridized carbons (Fsp3) is 0.929. The number of nitrogens with zero attached hydrogens (tertiary/aromatic N) is 2. The first-order valence-corrected chi connectivity index (χ1v) is 7.10. The van der Waals surface area contributed by atoms with Crippen molar-refractivity contribution < 1.29 is 4.79 Å². The van der Waals surface area contributed by atoms with E-state index >= 15 is 0 Å². The second kappa shape index (κ2) is 8.48. The highest BCUT2D eigenvalue weighted by molar-refractivity contribution is 5.78. The molecule has 4 nitrogen and oxygen atoms in total. The number of amides is 1. The number of rotatable bonds is 9. The summed E-state index contributed by atoms with van der Waals surface area (Å²) >= 11 is 0. The van der Waals surface area contributed by atoms with E-state index in [4.69, 9.17) is 5.73 Å². The van der Waals surface area contributed by atoms with Gasteiger partial charge in [0.1, 0.15) is 0 Å². The van der Waals surface area contributed by atoms with Crippen LogP contribution in [0.15, 0.2) is 0 Å². The van der Waals surface area contributed by atoms with Crippen LogP contribution in [0.5, 0.6) is 0 Å². The molecule has 18 heavy (non-hydrogen) atoms. The van der Waals surface area contributed by atoms with Gasteiger partial charge in [0.25, 0.3) is 0 Å². The van der Waals surface area contributed by atoms with Gasteiger partial charge in [0, 0.05) is 19.6 Å². The normalized spacial score (nSPS) is 11.9. The summed E-state index contributed by atoms with van der Waals surface area (Å²) in [5.41, 5.74) is 5.84. The Morgan fingerprint density at radius 3 is 2.11 bits per heavy atom. The maximum Gasteiger partial charge on any atom is 0.236 e. The fourth-order valence-electron chi connectivity index (χ4n) is 2.07. The van der Waals surface area contributed by atoms with E-state index in [-0.39, 0.29) is 11.3 Å². The lowest BCUT2D eigenvalue weighted by Gasteiger charge is -2.32. The van der Waals surface area contributed by atoms with Crippen LogP contribution in [0.25, 0.3) is 0 Å². The third-order valence-corrected chi connectivity index (χ3v) is 3.22. The summed E-state index contributed by atoms with van der Waals surface area (Å²) in [7, 11) is 0. The van der Waals surface area contributed by atoms with E-state index < -0.39 is 0 Å². The van der Waals surface area contributed by atoms with Gasteiger partial charge >= 0.3 is 0 Å². The Kier molecular flexibility index (Phi) is 8.20. The van der Waals surface area contributed by atoms with Gasteiger partial charge < -0.3 is 10.6 Å². The molecule has 0 aliphatic rings. The second-order valence-electron chi connectivity index (χ2n) is 5.65. The van der Waals surface area contributed by atoms with Gasteiger partial charge in [-0.25, -0.2) is 0 Å². The number of nitrogens with two attached hydrogens (primary N) is 1. The van der Waals surface area contributed by atoms with Crippen LogP contribution in [-0.2, 0) is 4.79 Å². The van der Waals surface area contributed by atoms with Crippen molar-refractivity contribution in [3.8, 4) is 0 Å². The van der Waals surface area contributed by atoms with Gasteiger partial charge in [-0.2, -0.15) is 0 Å². The topological polar surface area (TPSA) is 49.6 Å². The van der Waals surface area contributed by atoms with Crippen LogP contribution in [0.1, 0.15) is 41.0 Å². The van der Waals surface area contributed by atoms with Gasteiger partial charge in [-0.1, -0.05) is 20.8 Å². The third kappa shape index (κ3) is 6.36. The molecular weight excluding hydrogens is 226 g/mol. The van der Waals surface area contributed by atoms with Crippen molar-refractivity contribution in [3.63, 3.8) is 0 Å². The van der Waals surface area contributed by atoms with Gasteiger partial charge in [0.15, 0.2) is 0 Å². The summed E-state index contributed by atoms with van der Waals surface area (Å²) in [4.78, 5) is 16.2. The van der Waals surface area contributed by atoms with Crippen molar-refractivity contribution in [2.45, 2.75) is 41.0 Å². The summed E-state index contributed by atoms with van der Waals surface area (Å²) in [5, 5.41) is 0. The Hall–Kier alpha value is -0.610. The Bertz CT molecular complexity index is 237. The quantitative estimate of drug-likeness (QED) is 0.682. The first-order chi connectivity index (χ1) is 8.40. The summed E-state index contributed by atoms with van der Waals surface area (Å²) in [6.45, 7) is 15.1. The number of carbonyl (C=O) groups is 1. The number of likely N-dealkylation sites (N-methyl/N-ethyl adjacent to an activating group) is 1. The van der Waals surface area contributed by atoms with E-state index in [0.717, 1.165) is 32.6 Å². The van der Waals surface area contributed by atoms with Crippen molar-refractivity contribution >= 4 is 5.91 Å². The lowest BCUT2D eigenvalue weighted by Crippen LogP contribution is -2.45. The lowest BCUT2D eigenvalue weighted by atomic mass is 9.93. The molecule has 0 saturated heterocycles. The van der Waals surface area contributed by atoms with Crippen molar-refractivity contribution in [2.24, 2.45) is 11.1 Å². The predicted octanol–water partition coefficient (Wildman–Crippen LogP) is 1.55. The van der Waals surface area contributed by atoms with E-state index in [1.807, 2.05) is 18.7 Å². The molecule has 0 aliphatic carbocycles. The molecule has 4 heteroatoms. The Labute approximate surface area is 113 Å². The molecule has 1 amide bonds. The molecule has 0 aliphatic heterocycles.